The van der Waals surface area contributed by atoms with Crippen molar-refractivity contribution in [2.45, 2.75) is 18.9 Å². The van der Waals surface area contributed by atoms with Crippen molar-refractivity contribution in [3.8, 4) is 0 Å². The highest BCUT2D eigenvalue weighted by Gasteiger charge is 2.39. The number of nitrogens with one attached hydrogen (secondary N) is 3. The third-order valence-electron chi connectivity index (χ3n) is 4.03. The summed E-state index contributed by atoms with van der Waals surface area (Å²) in [4.78, 5) is 22.6. The summed E-state index contributed by atoms with van der Waals surface area (Å²) in [7, 11) is -3.14. The van der Waals surface area contributed by atoms with Crippen molar-refractivity contribution >= 4 is 32.8 Å². The highest BCUT2D eigenvalue weighted by molar-refractivity contribution is 7.91. The summed E-state index contributed by atoms with van der Waals surface area (Å²) >= 11 is 0. The number of rotatable bonds is 8. The van der Waals surface area contributed by atoms with Crippen LogP contribution in [-0.4, -0.2) is 61.1 Å². The number of benzene rings is 1. The van der Waals surface area contributed by atoms with Gasteiger partial charge in [0.2, 0.25) is 5.91 Å². The minimum Gasteiger partial charge on any atom is -0.395 e. The lowest BCUT2D eigenvalue weighted by Crippen LogP contribution is -2.48. The van der Waals surface area contributed by atoms with E-state index in [0.717, 1.165) is 0 Å². The summed E-state index contributed by atoms with van der Waals surface area (Å²) in [6, 6.07) is 4.09. The number of anilines is 2. The van der Waals surface area contributed by atoms with E-state index in [1.807, 2.05) is 0 Å². The SMILES string of the molecule is C[C@@]1(NC(=O)CNc2cc([N+](=O)[O-])ccc2NCCO)CCS(=O)(=O)C1. The average molecular weight is 386 g/mol. The van der Waals surface area contributed by atoms with E-state index in [9.17, 15) is 23.3 Å². The number of aliphatic hydroxyl groups is 1. The van der Waals surface area contributed by atoms with Crippen molar-refractivity contribution in [1.29, 1.82) is 0 Å². The molecule has 4 N–H and O–H groups in total. The zero-order valence-corrected chi connectivity index (χ0v) is 15.1. The highest BCUT2D eigenvalue weighted by atomic mass is 32.2. The first-order valence-corrected chi connectivity index (χ1v) is 9.85. The number of non-ortho nitro benzene ring substituents is 1. The number of hydrogen-bond donors (Lipinski definition) is 4. The first kappa shape index (κ1) is 19.9. The zero-order chi connectivity index (χ0) is 19.4. The molecular weight excluding hydrogens is 364 g/mol. The fraction of sp³-hybridized carbons (Fsp3) is 0.533. The Morgan fingerprint density at radius 1 is 1.35 bits per heavy atom. The number of nitrogens with zero attached hydrogens (tertiary/aromatic N) is 1. The van der Waals surface area contributed by atoms with Crippen LogP contribution in [0.4, 0.5) is 17.1 Å². The molecule has 11 heteroatoms. The second-order valence-electron chi connectivity index (χ2n) is 6.44. The van der Waals surface area contributed by atoms with Crippen molar-refractivity contribution in [1.82, 2.24) is 5.32 Å². The topological polar surface area (TPSA) is 151 Å². The van der Waals surface area contributed by atoms with Gasteiger partial charge in [-0.15, -0.1) is 0 Å². The minimum atomic E-state index is -3.14. The third-order valence-corrected chi connectivity index (χ3v) is 5.93. The van der Waals surface area contributed by atoms with Gasteiger partial charge in [-0.05, 0) is 19.4 Å². The molecule has 1 fully saturated rings. The number of hydrogen-bond acceptors (Lipinski definition) is 8. The van der Waals surface area contributed by atoms with Crippen LogP contribution in [0.15, 0.2) is 18.2 Å². The van der Waals surface area contributed by atoms with Gasteiger partial charge in [-0.1, -0.05) is 0 Å². The molecule has 1 aromatic carbocycles. The molecule has 1 aliphatic heterocycles. The first-order chi connectivity index (χ1) is 12.1. The standard InChI is InChI=1S/C15H22N4O6S/c1-15(4-7-26(24,25)10-15)18-14(21)9-17-13-8-11(19(22)23)2-3-12(13)16-5-6-20/h2-3,8,16-17,20H,4-7,9-10H2,1H3,(H,18,21)/t15-/m1/s1. The van der Waals surface area contributed by atoms with Crippen molar-refractivity contribution in [2.24, 2.45) is 0 Å². The Bertz CT molecular complexity index is 797. The molecule has 0 bridgehead atoms. The molecule has 1 aliphatic rings. The molecule has 144 valence electrons. The van der Waals surface area contributed by atoms with Crippen LogP contribution in [-0.2, 0) is 14.6 Å². The Morgan fingerprint density at radius 3 is 2.65 bits per heavy atom. The molecule has 2 rings (SSSR count). The van der Waals surface area contributed by atoms with Gasteiger partial charge in [0.1, 0.15) is 0 Å². The largest absolute Gasteiger partial charge is 0.395 e. The van der Waals surface area contributed by atoms with E-state index < -0.39 is 26.2 Å². The molecule has 1 heterocycles. The molecule has 1 amide bonds. The Morgan fingerprint density at radius 2 is 2.08 bits per heavy atom. The molecule has 0 aromatic heterocycles. The van der Waals surface area contributed by atoms with Crippen molar-refractivity contribution < 1.29 is 23.2 Å². The van der Waals surface area contributed by atoms with Gasteiger partial charge >= 0.3 is 0 Å². The predicted molar refractivity (Wildman–Crippen MR) is 97.0 cm³/mol. The second kappa shape index (κ2) is 7.87. The number of nitro benzene ring substituents is 1. The fourth-order valence-electron chi connectivity index (χ4n) is 2.80. The van der Waals surface area contributed by atoms with E-state index in [2.05, 4.69) is 16.0 Å². The van der Waals surface area contributed by atoms with Gasteiger partial charge in [0.25, 0.3) is 5.69 Å². The molecule has 1 aromatic rings. The van der Waals surface area contributed by atoms with Gasteiger partial charge in [-0.25, -0.2) is 8.42 Å². The number of sulfone groups is 1. The summed E-state index contributed by atoms with van der Waals surface area (Å²) in [5.41, 5.74) is -0.103. The summed E-state index contributed by atoms with van der Waals surface area (Å²) in [6.45, 7) is 1.63. The smallest absolute Gasteiger partial charge is 0.271 e. The van der Waals surface area contributed by atoms with Crippen LogP contribution >= 0.6 is 0 Å². The first-order valence-electron chi connectivity index (χ1n) is 8.03. The summed E-state index contributed by atoms with van der Waals surface area (Å²) in [5, 5.41) is 28.3. The molecular formula is C15H22N4O6S. The summed E-state index contributed by atoms with van der Waals surface area (Å²) in [5.74, 6) is -0.479. The molecule has 1 atom stereocenters. The Labute approximate surface area is 151 Å². The molecule has 0 aliphatic carbocycles. The molecule has 0 saturated carbocycles. The van der Waals surface area contributed by atoms with Gasteiger partial charge in [0.05, 0.1) is 46.5 Å². The van der Waals surface area contributed by atoms with Gasteiger partial charge in [-0.3, -0.25) is 14.9 Å². The molecule has 26 heavy (non-hydrogen) atoms. The van der Waals surface area contributed by atoms with E-state index >= 15 is 0 Å². The van der Waals surface area contributed by atoms with E-state index in [-0.39, 0.29) is 36.9 Å². The number of aliphatic hydroxyl groups excluding tert-OH is 1. The monoisotopic (exact) mass is 386 g/mol. The lowest BCUT2D eigenvalue weighted by atomic mass is 10.0. The van der Waals surface area contributed by atoms with Gasteiger partial charge in [0, 0.05) is 18.7 Å². The van der Waals surface area contributed by atoms with E-state index in [4.69, 9.17) is 5.11 Å². The lowest BCUT2D eigenvalue weighted by molar-refractivity contribution is -0.384. The van der Waals surface area contributed by atoms with Crippen molar-refractivity contribution in [2.75, 3.05) is 41.8 Å². The van der Waals surface area contributed by atoms with Crippen LogP contribution in [0.2, 0.25) is 0 Å². The maximum Gasteiger partial charge on any atom is 0.271 e. The molecule has 10 nitrogen and oxygen atoms in total. The van der Waals surface area contributed by atoms with Crippen LogP contribution in [0, 0.1) is 10.1 Å². The molecule has 0 radical (unpaired) electrons. The second-order valence-corrected chi connectivity index (χ2v) is 8.63. The average Bonchev–Trinajstić information content (AvgIpc) is 2.84. The van der Waals surface area contributed by atoms with E-state index in [1.54, 1.807) is 6.92 Å². The maximum atomic E-state index is 12.2. The predicted octanol–water partition coefficient (Wildman–Crippen LogP) is 0.104. The lowest BCUT2D eigenvalue weighted by Gasteiger charge is -2.24. The number of carbonyl (C=O) groups is 1. The van der Waals surface area contributed by atoms with E-state index in [0.29, 0.717) is 17.8 Å². The van der Waals surface area contributed by atoms with Crippen molar-refractivity contribution in [3.63, 3.8) is 0 Å². The maximum absolute atomic E-state index is 12.2. The molecule has 0 spiro atoms. The van der Waals surface area contributed by atoms with Crippen LogP contribution in [0.25, 0.3) is 0 Å². The third kappa shape index (κ3) is 5.30. The van der Waals surface area contributed by atoms with Crippen molar-refractivity contribution in [3.05, 3.63) is 28.3 Å². The molecule has 0 unspecified atom stereocenters. The van der Waals surface area contributed by atoms with Crippen LogP contribution in [0.5, 0.6) is 0 Å². The minimum absolute atomic E-state index is 0.0390. The summed E-state index contributed by atoms with van der Waals surface area (Å²) < 4.78 is 23.2. The zero-order valence-electron chi connectivity index (χ0n) is 14.3. The fourth-order valence-corrected chi connectivity index (χ4v) is 4.90. The number of amides is 1. The normalized spacial score (nSPS) is 21.2. The van der Waals surface area contributed by atoms with Crippen LogP contribution in [0.1, 0.15) is 13.3 Å². The molecule has 1 saturated heterocycles. The Balaban J connectivity index is 2.04. The van der Waals surface area contributed by atoms with Crippen LogP contribution < -0.4 is 16.0 Å². The quantitative estimate of drug-likeness (QED) is 0.363. The van der Waals surface area contributed by atoms with Gasteiger partial charge in [-0.2, -0.15) is 0 Å². The summed E-state index contributed by atoms with van der Waals surface area (Å²) in [6.07, 6.45) is 0.348. The van der Waals surface area contributed by atoms with Crippen LogP contribution in [0.3, 0.4) is 0 Å². The number of carbonyl (C=O) groups excluding carboxylic acids is 1. The number of nitro groups is 1. The van der Waals surface area contributed by atoms with Gasteiger partial charge in [0.15, 0.2) is 9.84 Å². The Kier molecular flexibility index (Phi) is 6.03. The Hall–Kier alpha value is -2.40. The van der Waals surface area contributed by atoms with Gasteiger partial charge < -0.3 is 21.1 Å². The highest BCUT2D eigenvalue weighted by Crippen LogP contribution is 2.27. The van der Waals surface area contributed by atoms with E-state index in [1.165, 1.54) is 18.2 Å².